The van der Waals surface area contributed by atoms with Crippen LogP contribution in [0.2, 0.25) is 0 Å². The number of benzene rings is 2. The van der Waals surface area contributed by atoms with Crippen LogP contribution < -0.4 is 19.5 Å². The molecule has 128 valence electrons. The number of hydrogen-bond donors (Lipinski definition) is 1. The Morgan fingerprint density at radius 1 is 0.958 bits per heavy atom. The van der Waals surface area contributed by atoms with E-state index >= 15 is 0 Å². The predicted octanol–water partition coefficient (Wildman–Crippen LogP) is 3.42. The van der Waals surface area contributed by atoms with Crippen LogP contribution >= 0.6 is 0 Å². The van der Waals surface area contributed by atoms with E-state index in [2.05, 4.69) is 5.32 Å². The molecule has 2 rings (SSSR count). The quantitative estimate of drug-likeness (QED) is 0.845. The van der Waals surface area contributed by atoms with Gasteiger partial charge >= 0.3 is 0 Å². The smallest absolute Gasteiger partial charge is 0.251 e. The van der Waals surface area contributed by atoms with Gasteiger partial charge in [0.1, 0.15) is 17.2 Å². The van der Waals surface area contributed by atoms with Gasteiger partial charge in [-0.3, -0.25) is 4.79 Å². The molecule has 0 spiro atoms. The SMILES string of the molecule is COc1cc(OC)cc(C(=O)NCc2ccc(OC(C)C)cc2)c1. The second-order valence-electron chi connectivity index (χ2n) is 5.59. The van der Waals surface area contributed by atoms with Crippen molar-refractivity contribution in [1.29, 1.82) is 0 Å². The molecule has 1 amide bonds. The Bertz CT molecular complexity index is 658. The second-order valence-corrected chi connectivity index (χ2v) is 5.59. The average Bonchev–Trinajstić information content (AvgIpc) is 2.59. The standard InChI is InChI=1S/C19H23NO4/c1-13(2)24-16-7-5-14(6-8-16)12-20-19(21)15-9-17(22-3)11-18(10-15)23-4/h5-11,13H,12H2,1-4H3,(H,20,21). The van der Waals surface area contributed by atoms with Crippen LogP contribution in [0.5, 0.6) is 17.2 Å². The Morgan fingerprint density at radius 2 is 1.54 bits per heavy atom. The van der Waals surface area contributed by atoms with Gasteiger partial charge in [0.25, 0.3) is 5.91 Å². The molecule has 0 aliphatic heterocycles. The van der Waals surface area contributed by atoms with Gasteiger partial charge < -0.3 is 19.5 Å². The number of ether oxygens (including phenoxy) is 3. The van der Waals surface area contributed by atoms with Gasteiger partial charge in [0.2, 0.25) is 0 Å². The van der Waals surface area contributed by atoms with Gasteiger partial charge in [-0.25, -0.2) is 0 Å². The lowest BCUT2D eigenvalue weighted by molar-refractivity contribution is 0.0950. The number of carbonyl (C=O) groups excluding carboxylic acids is 1. The maximum Gasteiger partial charge on any atom is 0.251 e. The van der Waals surface area contributed by atoms with Crippen molar-refractivity contribution >= 4 is 5.91 Å². The van der Waals surface area contributed by atoms with Gasteiger partial charge in [-0.1, -0.05) is 12.1 Å². The third-order valence-electron chi connectivity index (χ3n) is 3.36. The third kappa shape index (κ3) is 4.91. The van der Waals surface area contributed by atoms with E-state index in [0.29, 0.717) is 23.6 Å². The fraction of sp³-hybridized carbons (Fsp3) is 0.316. The largest absolute Gasteiger partial charge is 0.497 e. The average molecular weight is 329 g/mol. The molecule has 0 fully saturated rings. The topological polar surface area (TPSA) is 56.8 Å². The minimum absolute atomic E-state index is 0.138. The highest BCUT2D eigenvalue weighted by Crippen LogP contribution is 2.22. The summed E-state index contributed by atoms with van der Waals surface area (Å²) in [6, 6.07) is 12.7. The fourth-order valence-corrected chi connectivity index (χ4v) is 2.18. The summed E-state index contributed by atoms with van der Waals surface area (Å²) in [5.74, 6) is 1.79. The predicted molar refractivity (Wildman–Crippen MR) is 92.9 cm³/mol. The van der Waals surface area contributed by atoms with Crippen molar-refractivity contribution in [2.45, 2.75) is 26.5 Å². The number of methoxy groups -OCH3 is 2. The van der Waals surface area contributed by atoms with Gasteiger partial charge in [-0.15, -0.1) is 0 Å². The summed E-state index contributed by atoms with van der Waals surface area (Å²) in [6.07, 6.45) is 0.138. The van der Waals surface area contributed by atoms with E-state index in [1.807, 2.05) is 38.1 Å². The maximum absolute atomic E-state index is 12.3. The molecule has 0 saturated heterocycles. The van der Waals surface area contributed by atoms with Crippen molar-refractivity contribution in [1.82, 2.24) is 5.32 Å². The monoisotopic (exact) mass is 329 g/mol. The van der Waals surface area contributed by atoms with Gasteiger partial charge in [0.15, 0.2) is 0 Å². The van der Waals surface area contributed by atoms with E-state index in [0.717, 1.165) is 11.3 Å². The van der Waals surface area contributed by atoms with E-state index in [-0.39, 0.29) is 12.0 Å². The second kappa shape index (κ2) is 8.24. The molecule has 0 heterocycles. The molecule has 1 N–H and O–H groups in total. The van der Waals surface area contributed by atoms with Crippen molar-refractivity contribution < 1.29 is 19.0 Å². The van der Waals surface area contributed by atoms with E-state index in [1.165, 1.54) is 0 Å². The van der Waals surface area contributed by atoms with E-state index in [4.69, 9.17) is 14.2 Å². The van der Waals surface area contributed by atoms with Gasteiger partial charge in [0, 0.05) is 18.2 Å². The van der Waals surface area contributed by atoms with E-state index < -0.39 is 0 Å². The molecule has 2 aromatic carbocycles. The summed E-state index contributed by atoms with van der Waals surface area (Å²) in [7, 11) is 3.11. The van der Waals surface area contributed by atoms with Crippen LogP contribution in [-0.2, 0) is 6.54 Å². The third-order valence-corrected chi connectivity index (χ3v) is 3.36. The Hall–Kier alpha value is -2.69. The zero-order chi connectivity index (χ0) is 17.5. The first kappa shape index (κ1) is 17.7. The molecule has 24 heavy (non-hydrogen) atoms. The molecule has 0 saturated carbocycles. The van der Waals surface area contributed by atoms with Crippen molar-refractivity contribution in [2.75, 3.05) is 14.2 Å². The molecular weight excluding hydrogens is 306 g/mol. The van der Waals surface area contributed by atoms with E-state index in [1.54, 1.807) is 32.4 Å². The summed E-state index contributed by atoms with van der Waals surface area (Å²) < 4.78 is 16.0. The molecule has 0 aromatic heterocycles. The minimum atomic E-state index is -0.185. The number of hydrogen-bond acceptors (Lipinski definition) is 4. The van der Waals surface area contributed by atoms with Gasteiger partial charge in [0.05, 0.1) is 20.3 Å². The lowest BCUT2D eigenvalue weighted by Gasteiger charge is -2.11. The zero-order valence-corrected chi connectivity index (χ0v) is 14.5. The maximum atomic E-state index is 12.3. The lowest BCUT2D eigenvalue weighted by atomic mass is 10.1. The van der Waals surface area contributed by atoms with Gasteiger partial charge in [-0.2, -0.15) is 0 Å². The van der Waals surface area contributed by atoms with Crippen LogP contribution in [-0.4, -0.2) is 26.2 Å². The minimum Gasteiger partial charge on any atom is -0.497 e. The van der Waals surface area contributed by atoms with Crippen LogP contribution in [0.25, 0.3) is 0 Å². The first-order valence-corrected chi connectivity index (χ1v) is 7.78. The van der Waals surface area contributed by atoms with E-state index in [9.17, 15) is 4.79 Å². The van der Waals surface area contributed by atoms with Crippen molar-refractivity contribution in [3.05, 3.63) is 53.6 Å². The number of carbonyl (C=O) groups is 1. The van der Waals surface area contributed by atoms with Crippen molar-refractivity contribution in [2.24, 2.45) is 0 Å². The highest BCUT2D eigenvalue weighted by molar-refractivity contribution is 5.95. The Labute approximate surface area is 142 Å². The Balaban J connectivity index is 2.00. The molecule has 5 heteroatoms. The highest BCUT2D eigenvalue weighted by Gasteiger charge is 2.10. The molecule has 0 unspecified atom stereocenters. The van der Waals surface area contributed by atoms with Crippen LogP contribution in [0.4, 0.5) is 0 Å². The molecular formula is C19H23NO4. The zero-order valence-electron chi connectivity index (χ0n) is 14.5. The molecule has 0 aliphatic rings. The highest BCUT2D eigenvalue weighted by atomic mass is 16.5. The molecule has 0 radical (unpaired) electrons. The fourth-order valence-electron chi connectivity index (χ4n) is 2.18. The van der Waals surface area contributed by atoms with Crippen LogP contribution in [0.15, 0.2) is 42.5 Å². The number of nitrogens with one attached hydrogen (secondary N) is 1. The number of amides is 1. The summed E-state index contributed by atoms with van der Waals surface area (Å²) in [5.41, 5.74) is 1.49. The molecule has 5 nitrogen and oxygen atoms in total. The summed E-state index contributed by atoms with van der Waals surface area (Å²) in [5, 5.41) is 2.89. The van der Waals surface area contributed by atoms with Crippen LogP contribution in [0.3, 0.4) is 0 Å². The van der Waals surface area contributed by atoms with Crippen molar-refractivity contribution in [3.63, 3.8) is 0 Å². The van der Waals surface area contributed by atoms with Gasteiger partial charge in [-0.05, 0) is 43.7 Å². The summed E-state index contributed by atoms with van der Waals surface area (Å²) >= 11 is 0. The van der Waals surface area contributed by atoms with Crippen LogP contribution in [0.1, 0.15) is 29.8 Å². The Kier molecular flexibility index (Phi) is 6.07. The summed E-state index contributed by atoms with van der Waals surface area (Å²) in [6.45, 7) is 4.40. The first-order chi connectivity index (χ1) is 11.5. The number of rotatable bonds is 7. The lowest BCUT2D eigenvalue weighted by Crippen LogP contribution is -2.22. The Morgan fingerprint density at radius 3 is 2.04 bits per heavy atom. The molecule has 2 aromatic rings. The molecule has 0 bridgehead atoms. The van der Waals surface area contributed by atoms with Crippen LogP contribution in [0, 0.1) is 0 Å². The van der Waals surface area contributed by atoms with Crippen molar-refractivity contribution in [3.8, 4) is 17.2 Å². The first-order valence-electron chi connectivity index (χ1n) is 7.78. The molecule has 0 atom stereocenters. The summed E-state index contributed by atoms with van der Waals surface area (Å²) in [4.78, 5) is 12.3. The molecule has 0 aliphatic carbocycles. The normalized spacial score (nSPS) is 10.4.